The number of rotatable bonds is 5. The van der Waals surface area contributed by atoms with Crippen LogP contribution >= 0.6 is 0 Å². The van der Waals surface area contributed by atoms with Crippen LogP contribution in [0.2, 0.25) is 0 Å². The predicted octanol–water partition coefficient (Wildman–Crippen LogP) is 1.06. The first-order valence-electron chi connectivity index (χ1n) is 6.01. The van der Waals surface area contributed by atoms with E-state index in [0.29, 0.717) is 11.1 Å². The number of pyridine rings is 1. The number of amides is 1. The summed E-state index contributed by atoms with van der Waals surface area (Å²) in [5, 5.41) is 12.1. The van der Waals surface area contributed by atoms with Crippen LogP contribution in [0.4, 0.5) is 0 Å². The molecule has 1 atom stereocenters. The van der Waals surface area contributed by atoms with Gasteiger partial charge in [-0.1, -0.05) is 12.1 Å². The second-order valence-corrected chi connectivity index (χ2v) is 4.15. The third kappa shape index (κ3) is 2.92. The van der Waals surface area contributed by atoms with Crippen LogP contribution in [-0.2, 0) is 9.53 Å². The molecule has 0 bridgehead atoms. The molecule has 0 aliphatic rings. The number of nitrogens with zero attached hydrogens (tertiary/aromatic N) is 1. The highest BCUT2D eigenvalue weighted by Crippen LogP contribution is 2.16. The van der Waals surface area contributed by atoms with E-state index >= 15 is 0 Å². The molecule has 1 aromatic carbocycles. The Kier molecular flexibility index (Phi) is 4.27. The number of carbonyl (C=O) groups is 2. The van der Waals surface area contributed by atoms with Gasteiger partial charge in [0.1, 0.15) is 0 Å². The molecule has 6 heteroatoms. The van der Waals surface area contributed by atoms with Gasteiger partial charge in [-0.05, 0) is 18.2 Å². The Morgan fingerprint density at radius 3 is 2.85 bits per heavy atom. The van der Waals surface area contributed by atoms with Crippen molar-refractivity contribution in [3.63, 3.8) is 0 Å². The number of benzene rings is 1. The van der Waals surface area contributed by atoms with Crippen molar-refractivity contribution in [1.82, 2.24) is 10.3 Å². The lowest BCUT2D eigenvalue weighted by Crippen LogP contribution is -2.37. The number of fused-ring (bicyclic) bond motifs is 1. The lowest BCUT2D eigenvalue weighted by molar-refractivity contribution is -0.148. The second-order valence-electron chi connectivity index (χ2n) is 4.15. The van der Waals surface area contributed by atoms with E-state index in [1.165, 1.54) is 7.11 Å². The maximum absolute atomic E-state index is 12.1. The van der Waals surface area contributed by atoms with Crippen LogP contribution in [-0.4, -0.2) is 41.7 Å². The van der Waals surface area contributed by atoms with Crippen molar-refractivity contribution in [2.45, 2.75) is 6.10 Å². The van der Waals surface area contributed by atoms with Gasteiger partial charge in [0.05, 0.1) is 12.1 Å². The Morgan fingerprint density at radius 1 is 1.35 bits per heavy atom. The highest BCUT2D eigenvalue weighted by Gasteiger charge is 2.18. The van der Waals surface area contributed by atoms with E-state index in [1.54, 1.807) is 36.5 Å². The fraction of sp³-hybridized carbons (Fsp3) is 0.214. The Bertz CT molecular complexity index is 637. The smallest absolute Gasteiger partial charge is 0.334 e. The summed E-state index contributed by atoms with van der Waals surface area (Å²) in [6.45, 7) is -0.0959. The van der Waals surface area contributed by atoms with Crippen molar-refractivity contribution in [3.05, 3.63) is 42.1 Å². The normalized spacial score (nSPS) is 12.1. The first-order chi connectivity index (χ1) is 9.63. The highest BCUT2D eigenvalue weighted by atomic mass is 16.5. The molecule has 0 saturated carbocycles. The van der Waals surface area contributed by atoms with E-state index in [1.807, 2.05) is 0 Å². The van der Waals surface area contributed by atoms with Gasteiger partial charge >= 0.3 is 5.97 Å². The molecule has 0 fully saturated rings. The second kappa shape index (κ2) is 6.12. The summed E-state index contributed by atoms with van der Waals surface area (Å²) in [6.07, 6.45) is 0.585. The summed E-state index contributed by atoms with van der Waals surface area (Å²) in [4.78, 5) is 27.1. The lowest BCUT2D eigenvalue weighted by Gasteiger charge is -2.12. The first kappa shape index (κ1) is 14.0. The molecule has 0 radical (unpaired) electrons. The van der Waals surface area contributed by atoms with Crippen LogP contribution in [0.1, 0.15) is 10.4 Å². The Labute approximate surface area is 115 Å². The number of hydrogen-bond donors (Lipinski definition) is 2. The van der Waals surface area contributed by atoms with Gasteiger partial charge in [-0.25, -0.2) is 4.79 Å². The number of aliphatic carboxylic acids is 1. The minimum Gasteiger partial charge on any atom is -0.479 e. The quantitative estimate of drug-likeness (QED) is 0.851. The van der Waals surface area contributed by atoms with Gasteiger partial charge in [-0.2, -0.15) is 0 Å². The van der Waals surface area contributed by atoms with Gasteiger partial charge in [0, 0.05) is 24.3 Å². The molecular formula is C14H14N2O4. The molecule has 1 unspecified atom stereocenters. The number of methoxy groups -OCH3 is 1. The van der Waals surface area contributed by atoms with E-state index < -0.39 is 12.1 Å². The zero-order chi connectivity index (χ0) is 14.5. The molecule has 20 heavy (non-hydrogen) atoms. The minimum absolute atomic E-state index is 0.0959. The van der Waals surface area contributed by atoms with E-state index in [9.17, 15) is 9.59 Å². The fourth-order valence-electron chi connectivity index (χ4n) is 1.85. The van der Waals surface area contributed by atoms with Crippen LogP contribution in [0.15, 0.2) is 36.5 Å². The van der Waals surface area contributed by atoms with E-state index in [-0.39, 0.29) is 12.5 Å². The predicted molar refractivity (Wildman–Crippen MR) is 72.5 cm³/mol. The number of nitrogens with one attached hydrogen (secondary N) is 1. The molecule has 0 aliphatic heterocycles. The summed E-state index contributed by atoms with van der Waals surface area (Å²) in [6, 6.07) is 8.75. The number of carbonyl (C=O) groups excluding carboxylic acids is 1. The van der Waals surface area contributed by atoms with Gasteiger partial charge in [-0.3, -0.25) is 9.78 Å². The zero-order valence-corrected chi connectivity index (χ0v) is 10.9. The van der Waals surface area contributed by atoms with Gasteiger partial charge in [0.15, 0.2) is 6.10 Å². The van der Waals surface area contributed by atoms with E-state index in [2.05, 4.69) is 10.3 Å². The molecule has 0 saturated heterocycles. The molecule has 2 rings (SSSR count). The molecule has 0 aliphatic carbocycles. The Morgan fingerprint density at radius 2 is 2.15 bits per heavy atom. The van der Waals surface area contributed by atoms with Crippen LogP contribution in [0.3, 0.4) is 0 Å². The van der Waals surface area contributed by atoms with Crippen molar-refractivity contribution in [1.29, 1.82) is 0 Å². The van der Waals surface area contributed by atoms with Gasteiger partial charge < -0.3 is 15.2 Å². The molecule has 1 amide bonds. The monoisotopic (exact) mass is 274 g/mol. The number of ether oxygens (including phenoxy) is 1. The Hall–Kier alpha value is -2.47. The molecular weight excluding hydrogens is 260 g/mol. The average molecular weight is 274 g/mol. The van der Waals surface area contributed by atoms with Crippen molar-refractivity contribution in [3.8, 4) is 0 Å². The van der Waals surface area contributed by atoms with Crippen molar-refractivity contribution in [2.24, 2.45) is 0 Å². The average Bonchev–Trinajstić information content (AvgIpc) is 2.46. The number of aromatic nitrogens is 1. The number of carboxylic acids is 1. The fourth-order valence-corrected chi connectivity index (χ4v) is 1.85. The topological polar surface area (TPSA) is 88.5 Å². The molecule has 104 valence electrons. The lowest BCUT2D eigenvalue weighted by atomic mass is 10.1. The summed E-state index contributed by atoms with van der Waals surface area (Å²) >= 11 is 0. The third-order valence-electron chi connectivity index (χ3n) is 2.90. The number of carboxylic acid groups (broad SMARTS) is 1. The van der Waals surface area contributed by atoms with Crippen LogP contribution in [0.5, 0.6) is 0 Å². The van der Waals surface area contributed by atoms with Crippen molar-refractivity contribution < 1.29 is 19.4 Å². The first-order valence-corrected chi connectivity index (χ1v) is 6.01. The summed E-state index contributed by atoms with van der Waals surface area (Å²) in [5.74, 6) is -1.47. The van der Waals surface area contributed by atoms with Crippen molar-refractivity contribution in [2.75, 3.05) is 13.7 Å². The molecule has 6 nitrogen and oxygen atoms in total. The standard InChI is InChI=1S/C14H14N2O4/c1-20-12(14(18)19)8-16-13(17)10-4-2-6-11-9(10)5-3-7-15-11/h2-7,12H,8H2,1H3,(H,16,17)(H,18,19). The third-order valence-corrected chi connectivity index (χ3v) is 2.90. The van der Waals surface area contributed by atoms with Crippen LogP contribution in [0, 0.1) is 0 Å². The molecule has 2 aromatic rings. The maximum atomic E-state index is 12.1. The largest absolute Gasteiger partial charge is 0.479 e. The molecule has 1 heterocycles. The van der Waals surface area contributed by atoms with Gasteiger partial charge in [0.25, 0.3) is 5.91 Å². The molecule has 2 N–H and O–H groups in total. The zero-order valence-electron chi connectivity index (χ0n) is 10.9. The highest BCUT2D eigenvalue weighted by molar-refractivity contribution is 6.06. The van der Waals surface area contributed by atoms with Gasteiger partial charge in [0.2, 0.25) is 0 Å². The maximum Gasteiger partial charge on any atom is 0.334 e. The summed E-state index contributed by atoms with van der Waals surface area (Å²) < 4.78 is 4.76. The van der Waals surface area contributed by atoms with E-state index in [4.69, 9.17) is 9.84 Å². The van der Waals surface area contributed by atoms with Gasteiger partial charge in [-0.15, -0.1) is 0 Å². The molecule has 0 spiro atoms. The number of hydrogen-bond acceptors (Lipinski definition) is 4. The van der Waals surface area contributed by atoms with Crippen LogP contribution in [0.25, 0.3) is 10.9 Å². The molecule has 1 aromatic heterocycles. The SMILES string of the molecule is COC(CNC(=O)c1cccc2ncccc12)C(=O)O. The summed E-state index contributed by atoms with van der Waals surface area (Å²) in [7, 11) is 1.28. The minimum atomic E-state index is -1.12. The summed E-state index contributed by atoms with van der Waals surface area (Å²) in [5.41, 5.74) is 1.16. The van der Waals surface area contributed by atoms with Crippen molar-refractivity contribution >= 4 is 22.8 Å². The van der Waals surface area contributed by atoms with E-state index in [0.717, 1.165) is 5.39 Å². The van der Waals surface area contributed by atoms with Crippen LogP contribution < -0.4 is 5.32 Å². The Balaban J connectivity index is 2.18.